The number of nitrogens with one attached hydrogen (secondary N) is 1. The van der Waals surface area contributed by atoms with Crippen molar-refractivity contribution in [3.63, 3.8) is 0 Å². The Balaban J connectivity index is 1.81. The monoisotopic (exact) mass is 413 g/mol. The number of halogens is 1. The summed E-state index contributed by atoms with van der Waals surface area (Å²) in [7, 11) is 1.70. The minimum absolute atomic E-state index is 0.189. The molecule has 2 aromatic carbocycles. The second kappa shape index (κ2) is 8.36. The van der Waals surface area contributed by atoms with E-state index >= 15 is 0 Å². The summed E-state index contributed by atoms with van der Waals surface area (Å²) in [6.07, 6.45) is 0. The topological polar surface area (TPSA) is 93.5 Å². The van der Waals surface area contributed by atoms with Gasteiger partial charge in [-0.05, 0) is 55.8 Å². The zero-order valence-corrected chi connectivity index (χ0v) is 16.9. The number of carboxylic acid groups (broad SMARTS) is 1. The van der Waals surface area contributed by atoms with E-state index in [0.717, 1.165) is 5.56 Å². The molecule has 1 amide bonds. The molecule has 0 radical (unpaired) electrons. The summed E-state index contributed by atoms with van der Waals surface area (Å²) in [5, 5.41) is 16.8. The third-order valence-electron chi connectivity index (χ3n) is 4.43. The Bertz CT molecular complexity index is 1040. The van der Waals surface area contributed by atoms with E-state index in [2.05, 4.69) is 10.4 Å². The molecule has 0 saturated carbocycles. The molecule has 3 aromatic rings. The van der Waals surface area contributed by atoms with Crippen LogP contribution in [-0.4, -0.2) is 26.8 Å². The van der Waals surface area contributed by atoms with Crippen LogP contribution in [0.2, 0.25) is 5.02 Å². The van der Waals surface area contributed by atoms with Crippen molar-refractivity contribution in [3.05, 3.63) is 75.9 Å². The zero-order chi connectivity index (χ0) is 21.1. The summed E-state index contributed by atoms with van der Waals surface area (Å²) >= 11 is 5.90. The van der Waals surface area contributed by atoms with Gasteiger partial charge in [-0.3, -0.25) is 4.79 Å². The van der Waals surface area contributed by atoms with Crippen molar-refractivity contribution in [1.82, 2.24) is 15.1 Å². The molecular formula is C21H20ClN3O4. The molecule has 1 aromatic heterocycles. The predicted molar refractivity (Wildman–Crippen MR) is 109 cm³/mol. The maximum absolute atomic E-state index is 12.9. The van der Waals surface area contributed by atoms with Crippen LogP contribution in [0.4, 0.5) is 0 Å². The fraction of sp³-hybridized carbons (Fsp3) is 0.190. The maximum atomic E-state index is 12.9. The third-order valence-corrected chi connectivity index (χ3v) is 4.68. The van der Waals surface area contributed by atoms with Gasteiger partial charge in [-0.2, -0.15) is 5.10 Å². The molecule has 29 heavy (non-hydrogen) atoms. The Morgan fingerprint density at radius 3 is 2.34 bits per heavy atom. The molecule has 0 fully saturated rings. The van der Waals surface area contributed by atoms with E-state index in [-0.39, 0.29) is 17.5 Å². The first kappa shape index (κ1) is 20.4. The van der Waals surface area contributed by atoms with Crippen LogP contribution >= 0.6 is 11.6 Å². The number of carbonyl (C=O) groups excluding carboxylic acids is 1. The molecule has 8 heteroatoms. The highest BCUT2D eigenvalue weighted by atomic mass is 35.5. The molecule has 150 valence electrons. The lowest BCUT2D eigenvalue weighted by molar-refractivity contribution is 0.0696. The first-order valence-electron chi connectivity index (χ1n) is 8.87. The molecule has 1 heterocycles. The van der Waals surface area contributed by atoms with E-state index in [9.17, 15) is 9.59 Å². The minimum atomic E-state index is -0.997. The van der Waals surface area contributed by atoms with Gasteiger partial charge >= 0.3 is 5.97 Å². The van der Waals surface area contributed by atoms with Crippen molar-refractivity contribution < 1.29 is 19.4 Å². The summed E-state index contributed by atoms with van der Waals surface area (Å²) in [5.74, 6) is -0.489. The smallest absolute Gasteiger partial charge is 0.335 e. The number of carbonyl (C=O) groups is 2. The summed E-state index contributed by atoms with van der Waals surface area (Å²) in [5.41, 5.74) is 1.83. The van der Waals surface area contributed by atoms with Crippen LogP contribution in [0.15, 0.2) is 48.5 Å². The fourth-order valence-corrected chi connectivity index (χ4v) is 3.02. The summed E-state index contributed by atoms with van der Waals surface area (Å²) in [4.78, 5) is 23.9. The van der Waals surface area contributed by atoms with Crippen LogP contribution in [0.25, 0.3) is 0 Å². The molecule has 7 nitrogen and oxygen atoms in total. The van der Waals surface area contributed by atoms with E-state index in [0.29, 0.717) is 27.9 Å². The van der Waals surface area contributed by atoms with Crippen LogP contribution in [0.1, 0.15) is 44.9 Å². The van der Waals surface area contributed by atoms with Gasteiger partial charge in [0.05, 0.1) is 17.3 Å². The average Bonchev–Trinajstić information content (AvgIpc) is 2.96. The molecule has 0 spiro atoms. The van der Waals surface area contributed by atoms with Crippen molar-refractivity contribution in [3.8, 4) is 11.6 Å². The first-order chi connectivity index (χ1) is 13.8. The van der Waals surface area contributed by atoms with Gasteiger partial charge in [0.1, 0.15) is 11.3 Å². The van der Waals surface area contributed by atoms with Crippen LogP contribution in [0.3, 0.4) is 0 Å². The number of benzene rings is 2. The third kappa shape index (κ3) is 4.57. The quantitative estimate of drug-likeness (QED) is 0.626. The Morgan fingerprint density at radius 2 is 1.76 bits per heavy atom. The number of nitrogens with zero attached hydrogens (tertiary/aromatic N) is 2. The van der Waals surface area contributed by atoms with Gasteiger partial charge in [0.15, 0.2) is 0 Å². The molecule has 1 atom stereocenters. The molecule has 0 aliphatic carbocycles. The standard InChI is InChI=1S/C21H20ClN3O4/c1-12(14-4-6-15(7-5-14)21(27)28)23-19(26)18-13(2)24-25(3)20(18)29-17-10-8-16(22)9-11-17/h4-12H,1-3H3,(H,23,26)(H,27,28)/t12-/m0/s1. The summed E-state index contributed by atoms with van der Waals surface area (Å²) in [6, 6.07) is 12.8. The van der Waals surface area contributed by atoms with Gasteiger partial charge in [0, 0.05) is 12.1 Å². The molecule has 0 bridgehead atoms. The van der Waals surface area contributed by atoms with Crippen LogP contribution < -0.4 is 10.1 Å². The summed E-state index contributed by atoms with van der Waals surface area (Å²) < 4.78 is 7.39. The van der Waals surface area contributed by atoms with Crippen LogP contribution in [0.5, 0.6) is 11.6 Å². The average molecular weight is 414 g/mol. The predicted octanol–water partition coefficient (Wildman–Crippen LogP) is 4.36. The van der Waals surface area contributed by atoms with E-state index in [4.69, 9.17) is 21.4 Å². The molecule has 0 aliphatic rings. The highest BCUT2D eigenvalue weighted by Crippen LogP contribution is 2.28. The highest BCUT2D eigenvalue weighted by Gasteiger charge is 2.24. The second-order valence-electron chi connectivity index (χ2n) is 6.57. The van der Waals surface area contributed by atoms with Crippen molar-refractivity contribution >= 4 is 23.5 Å². The molecule has 0 saturated heterocycles. The number of aromatic carboxylic acids is 1. The van der Waals surface area contributed by atoms with Gasteiger partial charge in [0.2, 0.25) is 5.88 Å². The Morgan fingerprint density at radius 1 is 1.14 bits per heavy atom. The van der Waals surface area contributed by atoms with Gasteiger partial charge in [-0.15, -0.1) is 0 Å². The van der Waals surface area contributed by atoms with E-state index in [1.165, 1.54) is 16.8 Å². The number of aromatic nitrogens is 2. The lowest BCUT2D eigenvalue weighted by atomic mass is 10.1. The highest BCUT2D eigenvalue weighted by molar-refractivity contribution is 6.30. The lowest BCUT2D eigenvalue weighted by Crippen LogP contribution is -2.27. The minimum Gasteiger partial charge on any atom is -0.478 e. The molecular weight excluding hydrogens is 394 g/mol. The fourth-order valence-electron chi connectivity index (χ4n) is 2.90. The van der Waals surface area contributed by atoms with Crippen LogP contribution in [-0.2, 0) is 7.05 Å². The number of aryl methyl sites for hydroxylation is 2. The SMILES string of the molecule is Cc1nn(C)c(Oc2ccc(Cl)cc2)c1C(=O)N[C@@H](C)c1ccc(C(=O)O)cc1. The number of ether oxygens (including phenoxy) is 1. The number of rotatable bonds is 6. The Labute approximate surface area is 172 Å². The van der Waals surface area contributed by atoms with E-state index < -0.39 is 5.97 Å². The second-order valence-corrected chi connectivity index (χ2v) is 7.00. The van der Waals surface area contributed by atoms with Crippen molar-refractivity contribution in [2.45, 2.75) is 19.9 Å². The largest absolute Gasteiger partial charge is 0.478 e. The molecule has 0 aliphatic heterocycles. The lowest BCUT2D eigenvalue weighted by Gasteiger charge is -2.15. The van der Waals surface area contributed by atoms with Crippen LogP contribution in [0, 0.1) is 6.92 Å². The van der Waals surface area contributed by atoms with E-state index in [1.807, 2.05) is 6.92 Å². The van der Waals surface area contributed by atoms with Crippen molar-refractivity contribution in [1.29, 1.82) is 0 Å². The summed E-state index contributed by atoms with van der Waals surface area (Å²) in [6.45, 7) is 3.55. The van der Waals surface area contributed by atoms with Crippen molar-refractivity contribution in [2.24, 2.45) is 7.05 Å². The molecule has 2 N–H and O–H groups in total. The normalized spacial score (nSPS) is 11.7. The van der Waals surface area contributed by atoms with Gasteiger partial charge in [0.25, 0.3) is 5.91 Å². The molecule has 3 rings (SSSR count). The number of carboxylic acids is 1. The van der Waals surface area contributed by atoms with Gasteiger partial charge in [-0.25, -0.2) is 9.48 Å². The number of amides is 1. The number of hydrogen-bond acceptors (Lipinski definition) is 4. The van der Waals surface area contributed by atoms with Crippen molar-refractivity contribution in [2.75, 3.05) is 0 Å². The Hall–Kier alpha value is -3.32. The zero-order valence-electron chi connectivity index (χ0n) is 16.1. The van der Waals surface area contributed by atoms with Gasteiger partial charge < -0.3 is 15.2 Å². The number of hydrogen-bond donors (Lipinski definition) is 2. The molecule has 0 unspecified atom stereocenters. The maximum Gasteiger partial charge on any atom is 0.335 e. The van der Waals surface area contributed by atoms with E-state index in [1.54, 1.807) is 50.4 Å². The first-order valence-corrected chi connectivity index (χ1v) is 9.25. The Kier molecular flexibility index (Phi) is 5.89. The van der Waals surface area contributed by atoms with Gasteiger partial charge in [-0.1, -0.05) is 23.7 Å².